The number of nitrogens with zero attached hydrogens (tertiary/aromatic N) is 3. The Morgan fingerprint density at radius 1 is 1.16 bits per heavy atom. The predicted octanol–water partition coefficient (Wildman–Crippen LogP) is 1.85. The van der Waals surface area contributed by atoms with Gasteiger partial charge >= 0.3 is 0 Å². The fourth-order valence-electron chi connectivity index (χ4n) is 3.41. The van der Waals surface area contributed by atoms with Crippen LogP contribution in [0.5, 0.6) is 11.5 Å². The highest BCUT2D eigenvalue weighted by molar-refractivity contribution is 5.98. The van der Waals surface area contributed by atoms with Gasteiger partial charge in [-0.05, 0) is 31.0 Å². The second-order valence-electron chi connectivity index (χ2n) is 6.24. The first-order chi connectivity index (χ1) is 12.2. The molecule has 2 aromatic rings. The van der Waals surface area contributed by atoms with Crippen molar-refractivity contribution in [1.82, 2.24) is 14.9 Å². The molecule has 1 saturated heterocycles. The highest BCUT2D eigenvalue weighted by Gasteiger charge is 2.28. The molecule has 1 aromatic carbocycles. The fourth-order valence-corrected chi connectivity index (χ4v) is 3.41. The molecule has 130 valence electrons. The zero-order valence-corrected chi connectivity index (χ0v) is 13.9. The van der Waals surface area contributed by atoms with Crippen molar-refractivity contribution in [3.63, 3.8) is 0 Å². The zero-order valence-electron chi connectivity index (χ0n) is 13.9. The summed E-state index contributed by atoms with van der Waals surface area (Å²) in [6.45, 7) is 2.34. The summed E-state index contributed by atoms with van der Waals surface area (Å²) in [5, 5.41) is 0. The number of piperidine rings is 1. The first-order valence-electron chi connectivity index (χ1n) is 8.48. The van der Waals surface area contributed by atoms with Crippen molar-refractivity contribution < 1.29 is 14.3 Å². The van der Waals surface area contributed by atoms with Crippen LogP contribution < -0.4 is 15.2 Å². The number of para-hydroxylation sites is 1. The number of carbonyl (C=O) groups excluding carboxylic acids is 1. The Labute approximate surface area is 145 Å². The second kappa shape index (κ2) is 6.58. The van der Waals surface area contributed by atoms with Crippen molar-refractivity contribution >= 4 is 11.9 Å². The molecule has 2 aliphatic heterocycles. The van der Waals surface area contributed by atoms with Gasteiger partial charge in [0.05, 0.1) is 5.56 Å². The maximum absolute atomic E-state index is 12.9. The molecule has 25 heavy (non-hydrogen) atoms. The zero-order chi connectivity index (χ0) is 17.2. The van der Waals surface area contributed by atoms with E-state index in [4.69, 9.17) is 15.2 Å². The van der Waals surface area contributed by atoms with Crippen molar-refractivity contribution in [3.05, 3.63) is 41.7 Å². The molecule has 0 atom stereocenters. The lowest BCUT2D eigenvalue weighted by Gasteiger charge is -2.32. The molecule has 2 N–H and O–H groups in total. The van der Waals surface area contributed by atoms with Crippen LogP contribution in [-0.4, -0.2) is 47.1 Å². The number of anilines is 1. The number of aromatic nitrogens is 2. The van der Waals surface area contributed by atoms with Crippen LogP contribution >= 0.6 is 0 Å². The van der Waals surface area contributed by atoms with Crippen LogP contribution in [0.4, 0.5) is 5.95 Å². The molecule has 0 spiro atoms. The maximum atomic E-state index is 12.9. The Hall–Kier alpha value is -2.83. The van der Waals surface area contributed by atoms with Gasteiger partial charge in [-0.2, -0.15) is 0 Å². The van der Waals surface area contributed by atoms with E-state index in [9.17, 15) is 4.79 Å². The molecule has 1 fully saturated rings. The molecule has 7 nitrogen and oxygen atoms in total. The van der Waals surface area contributed by atoms with E-state index in [0.717, 1.165) is 18.5 Å². The minimum atomic E-state index is -0.0111. The molecule has 2 aliphatic rings. The Kier molecular flexibility index (Phi) is 4.13. The average molecular weight is 340 g/mol. The predicted molar refractivity (Wildman–Crippen MR) is 91.8 cm³/mol. The number of hydrogen-bond acceptors (Lipinski definition) is 6. The van der Waals surface area contributed by atoms with Crippen LogP contribution in [0, 0.1) is 0 Å². The van der Waals surface area contributed by atoms with E-state index in [1.165, 1.54) is 0 Å². The lowest BCUT2D eigenvalue weighted by molar-refractivity contribution is 0.0702. The summed E-state index contributed by atoms with van der Waals surface area (Å²) in [5.74, 6) is 1.79. The van der Waals surface area contributed by atoms with E-state index in [2.05, 4.69) is 9.97 Å². The highest BCUT2D eigenvalue weighted by atomic mass is 16.6. The molecule has 1 aromatic heterocycles. The van der Waals surface area contributed by atoms with Crippen molar-refractivity contribution in [2.75, 3.05) is 32.0 Å². The van der Waals surface area contributed by atoms with Crippen LogP contribution in [0.3, 0.4) is 0 Å². The SMILES string of the molecule is Nc1nccc(C2CCN(C(=O)c3cccc4c3OCCO4)CC2)n1. The minimum Gasteiger partial charge on any atom is -0.486 e. The summed E-state index contributed by atoms with van der Waals surface area (Å²) in [5.41, 5.74) is 7.19. The van der Waals surface area contributed by atoms with Crippen molar-refractivity contribution in [2.45, 2.75) is 18.8 Å². The molecule has 3 heterocycles. The standard InChI is InChI=1S/C18H20N4O3/c19-18-20-7-4-14(21-18)12-5-8-22(9-6-12)17(23)13-2-1-3-15-16(13)25-11-10-24-15/h1-4,7,12H,5-6,8-11H2,(H2,19,20,21). The fraction of sp³-hybridized carbons (Fsp3) is 0.389. The van der Waals surface area contributed by atoms with Crippen molar-refractivity contribution in [1.29, 1.82) is 0 Å². The summed E-state index contributed by atoms with van der Waals surface area (Å²) in [6.07, 6.45) is 3.39. The third-order valence-electron chi connectivity index (χ3n) is 4.69. The number of carbonyl (C=O) groups is 1. The Morgan fingerprint density at radius 3 is 2.76 bits per heavy atom. The molecule has 7 heteroatoms. The van der Waals surface area contributed by atoms with Crippen LogP contribution in [0.2, 0.25) is 0 Å². The van der Waals surface area contributed by atoms with Crippen molar-refractivity contribution in [3.8, 4) is 11.5 Å². The normalized spacial score (nSPS) is 17.4. The lowest BCUT2D eigenvalue weighted by Crippen LogP contribution is -2.38. The molecule has 0 saturated carbocycles. The van der Waals surface area contributed by atoms with Gasteiger partial charge < -0.3 is 20.1 Å². The van der Waals surface area contributed by atoms with Gasteiger partial charge in [-0.3, -0.25) is 4.79 Å². The molecule has 0 unspecified atom stereocenters. The lowest BCUT2D eigenvalue weighted by atomic mass is 9.93. The Bertz CT molecular complexity index is 788. The van der Waals surface area contributed by atoms with Gasteiger partial charge in [0.25, 0.3) is 5.91 Å². The van der Waals surface area contributed by atoms with Crippen LogP contribution in [0.15, 0.2) is 30.5 Å². The van der Waals surface area contributed by atoms with E-state index < -0.39 is 0 Å². The third kappa shape index (κ3) is 3.09. The first kappa shape index (κ1) is 15.7. The number of rotatable bonds is 2. The van der Waals surface area contributed by atoms with Crippen LogP contribution in [0.25, 0.3) is 0 Å². The van der Waals surface area contributed by atoms with Crippen LogP contribution in [-0.2, 0) is 0 Å². The maximum Gasteiger partial charge on any atom is 0.257 e. The van der Waals surface area contributed by atoms with Gasteiger partial charge in [0.15, 0.2) is 11.5 Å². The number of likely N-dealkylation sites (tertiary alicyclic amines) is 1. The molecule has 0 radical (unpaired) electrons. The van der Waals surface area contributed by atoms with Crippen molar-refractivity contribution in [2.24, 2.45) is 0 Å². The topological polar surface area (TPSA) is 90.6 Å². The van der Waals surface area contributed by atoms with E-state index in [1.807, 2.05) is 23.1 Å². The van der Waals surface area contributed by atoms with E-state index >= 15 is 0 Å². The van der Waals surface area contributed by atoms with E-state index in [-0.39, 0.29) is 5.91 Å². The smallest absolute Gasteiger partial charge is 0.257 e. The molecule has 1 amide bonds. The summed E-state index contributed by atoms with van der Waals surface area (Å²) >= 11 is 0. The second-order valence-corrected chi connectivity index (χ2v) is 6.24. The molecular weight excluding hydrogens is 320 g/mol. The van der Waals surface area contributed by atoms with Gasteiger partial charge in [-0.25, -0.2) is 9.97 Å². The molecule has 0 aliphatic carbocycles. The van der Waals surface area contributed by atoms with E-state index in [0.29, 0.717) is 55.2 Å². The monoisotopic (exact) mass is 340 g/mol. The summed E-state index contributed by atoms with van der Waals surface area (Å²) < 4.78 is 11.2. The Morgan fingerprint density at radius 2 is 1.96 bits per heavy atom. The number of benzene rings is 1. The van der Waals surface area contributed by atoms with Gasteiger partial charge in [0.1, 0.15) is 13.2 Å². The summed E-state index contributed by atoms with van der Waals surface area (Å²) in [7, 11) is 0. The largest absolute Gasteiger partial charge is 0.486 e. The Balaban J connectivity index is 1.47. The average Bonchev–Trinajstić information content (AvgIpc) is 2.67. The minimum absolute atomic E-state index is 0.0111. The van der Waals surface area contributed by atoms with Gasteiger partial charge in [0, 0.05) is 30.9 Å². The molecule has 0 bridgehead atoms. The highest BCUT2D eigenvalue weighted by Crippen LogP contribution is 2.35. The number of fused-ring (bicyclic) bond motifs is 1. The quantitative estimate of drug-likeness (QED) is 0.897. The number of amides is 1. The molecular formula is C18H20N4O3. The molecule has 4 rings (SSSR count). The van der Waals surface area contributed by atoms with E-state index in [1.54, 1.807) is 12.3 Å². The van der Waals surface area contributed by atoms with Crippen LogP contribution in [0.1, 0.15) is 34.8 Å². The number of hydrogen-bond donors (Lipinski definition) is 1. The third-order valence-corrected chi connectivity index (χ3v) is 4.69. The van der Waals surface area contributed by atoms with Gasteiger partial charge in [0.2, 0.25) is 5.95 Å². The van der Waals surface area contributed by atoms with Gasteiger partial charge in [-0.1, -0.05) is 6.07 Å². The summed E-state index contributed by atoms with van der Waals surface area (Å²) in [4.78, 5) is 23.0. The van der Waals surface area contributed by atoms with Gasteiger partial charge in [-0.15, -0.1) is 0 Å². The number of nitrogen functional groups attached to an aromatic ring is 1. The first-order valence-corrected chi connectivity index (χ1v) is 8.48. The summed E-state index contributed by atoms with van der Waals surface area (Å²) in [6, 6.07) is 7.36. The number of nitrogens with two attached hydrogens (primary N) is 1. The number of ether oxygens (including phenoxy) is 2.